The lowest BCUT2D eigenvalue weighted by Gasteiger charge is -2.08. The van der Waals surface area contributed by atoms with Crippen LogP contribution in [0, 0.1) is 0 Å². The standard InChI is InChI=1S/C7H16O3/c1-3-7(8)10-6-4-5-9-2/h7-8H,3-6H2,1-2H3. The fourth-order valence-corrected chi connectivity index (χ4v) is 0.540. The lowest BCUT2D eigenvalue weighted by Crippen LogP contribution is -2.11. The van der Waals surface area contributed by atoms with Gasteiger partial charge in [0.2, 0.25) is 0 Å². The van der Waals surface area contributed by atoms with Gasteiger partial charge in [-0.2, -0.15) is 0 Å². The molecule has 0 spiro atoms. The molecular formula is C7H16O3. The molecule has 0 radical (unpaired) electrons. The quantitative estimate of drug-likeness (QED) is 0.446. The largest absolute Gasteiger partial charge is 0.385 e. The summed E-state index contributed by atoms with van der Waals surface area (Å²) in [5, 5.41) is 8.89. The molecule has 0 amide bonds. The Bertz CT molecular complexity index is 65.9. The van der Waals surface area contributed by atoms with Crippen LogP contribution < -0.4 is 0 Å². The first-order valence-corrected chi connectivity index (χ1v) is 3.59. The predicted molar refractivity (Wildman–Crippen MR) is 38.7 cm³/mol. The predicted octanol–water partition coefficient (Wildman–Crippen LogP) is 0.768. The number of aliphatic hydroxyl groups is 1. The second-order valence-electron chi connectivity index (χ2n) is 2.08. The molecule has 0 aromatic carbocycles. The van der Waals surface area contributed by atoms with Crippen molar-refractivity contribution < 1.29 is 14.6 Å². The normalized spacial score (nSPS) is 13.5. The summed E-state index contributed by atoms with van der Waals surface area (Å²) in [5.41, 5.74) is 0. The second kappa shape index (κ2) is 6.99. The molecule has 0 saturated heterocycles. The maximum absolute atomic E-state index is 8.89. The molecule has 0 bridgehead atoms. The monoisotopic (exact) mass is 148 g/mol. The molecule has 0 rings (SSSR count). The van der Waals surface area contributed by atoms with Crippen LogP contribution in [-0.2, 0) is 9.47 Å². The third-order valence-electron chi connectivity index (χ3n) is 1.15. The van der Waals surface area contributed by atoms with Gasteiger partial charge in [0.15, 0.2) is 6.29 Å². The summed E-state index contributed by atoms with van der Waals surface area (Å²) >= 11 is 0. The van der Waals surface area contributed by atoms with Crippen LogP contribution in [0.5, 0.6) is 0 Å². The van der Waals surface area contributed by atoms with E-state index in [2.05, 4.69) is 0 Å². The highest BCUT2D eigenvalue weighted by atomic mass is 16.6. The number of methoxy groups -OCH3 is 1. The van der Waals surface area contributed by atoms with E-state index in [0.29, 0.717) is 19.6 Å². The van der Waals surface area contributed by atoms with E-state index in [0.717, 1.165) is 6.42 Å². The number of ether oxygens (including phenoxy) is 2. The molecule has 0 heterocycles. The van der Waals surface area contributed by atoms with Gasteiger partial charge >= 0.3 is 0 Å². The van der Waals surface area contributed by atoms with E-state index in [9.17, 15) is 0 Å². The first-order chi connectivity index (χ1) is 4.81. The van der Waals surface area contributed by atoms with Crippen molar-refractivity contribution in [2.24, 2.45) is 0 Å². The highest BCUT2D eigenvalue weighted by molar-refractivity contribution is 4.36. The minimum Gasteiger partial charge on any atom is -0.385 e. The summed E-state index contributed by atoms with van der Waals surface area (Å²) in [6.45, 7) is 3.14. The van der Waals surface area contributed by atoms with Gasteiger partial charge < -0.3 is 14.6 Å². The molecule has 0 aliphatic rings. The summed E-state index contributed by atoms with van der Waals surface area (Å²) in [6, 6.07) is 0. The number of aliphatic hydroxyl groups excluding tert-OH is 1. The van der Waals surface area contributed by atoms with E-state index in [1.54, 1.807) is 7.11 Å². The molecule has 62 valence electrons. The fraction of sp³-hybridized carbons (Fsp3) is 1.00. The first kappa shape index (κ1) is 9.88. The minimum atomic E-state index is -0.600. The lowest BCUT2D eigenvalue weighted by molar-refractivity contribution is -0.103. The maximum Gasteiger partial charge on any atom is 0.154 e. The third kappa shape index (κ3) is 6.01. The van der Waals surface area contributed by atoms with Gasteiger partial charge in [-0.15, -0.1) is 0 Å². The zero-order valence-electron chi connectivity index (χ0n) is 6.67. The lowest BCUT2D eigenvalue weighted by atomic mass is 10.4. The summed E-state index contributed by atoms with van der Waals surface area (Å²) < 4.78 is 9.76. The van der Waals surface area contributed by atoms with Gasteiger partial charge in [-0.05, 0) is 12.8 Å². The maximum atomic E-state index is 8.89. The Labute approximate surface area is 62.0 Å². The van der Waals surface area contributed by atoms with Gasteiger partial charge in [0.1, 0.15) is 0 Å². The molecule has 1 unspecified atom stereocenters. The minimum absolute atomic E-state index is 0.572. The Morgan fingerprint density at radius 2 is 2.10 bits per heavy atom. The van der Waals surface area contributed by atoms with Gasteiger partial charge in [-0.25, -0.2) is 0 Å². The van der Waals surface area contributed by atoms with Crippen molar-refractivity contribution in [2.45, 2.75) is 26.1 Å². The second-order valence-corrected chi connectivity index (χ2v) is 2.08. The van der Waals surface area contributed by atoms with Gasteiger partial charge in [0.25, 0.3) is 0 Å². The SMILES string of the molecule is CCC(O)OCCCOC. The van der Waals surface area contributed by atoms with Crippen LogP contribution in [0.15, 0.2) is 0 Å². The molecule has 1 atom stereocenters. The zero-order chi connectivity index (χ0) is 7.82. The average molecular weight is 148 g/mol. The summed E-state index contributed by atoms with van der Waals surface area (Å²) in [4.78, 5) is 0. The van der Waals surface area contributed by atoms with E-state index in [1.807, 2.05) is 6.92 Å². The Hall–Kier alpha value is -0.120. The van der Waals surface area contributed by atoms with Crippen molar-refractivity contribution >= 4 is 0 Å². The van der Waals surface area contributed by atoms with Crippen LogP contribution in [-0.4, -0.2) is 31.7 Å². The van der Waals surface area contributed by atoms with E-state index in [1.165, 1.54) is 0 Å². The van der Waals surface area contributed by atoms with Crippen molar-refractivity contribution in [1.29, 1.82) is 0 Å². The zero-order valence-corrected chi connectivity index (χ0v) is 6.67. The van der Waals surface area contributed by atoms with Crippen LogP contribution in [0.2, 0.25) is 0 Å². The summed E-state index contributed by atoms with van der Waals surface area (Å²) in [7, 11) is 1.65. The Morgan fingerprint density at radius 1 is 1.40 bits per heavy atom. The number of hydrogen-bond acceptors (Lipinski definition) is 3. The van der Waals surface area contributed by atoms with Crippen LogP contribution >= 0.6 is 0 Å². The molecule has 1 N–H and O–H groups in total. The van der Waals surface area contributed by atoms with E-state index in [-0.39, 0.29) is 0 Å². The number of rotatable bonds is 6. The fourth-order valence-electron chi connectivity index (χ4n) is 0.540. The molecule has 3 nitrogen and oxygen atoms in total. The first-order valence-electron chi connectivity index (χ1n) is 3.59. The topological polar surface area (TPSA) is 38.7 Å². The highest BCUT2D eigenvalue weighted by Crippen LogP contribution is 1.93. The van der Waals surface area contributed by atoms with Crippen molar-refractivity contribution in [3.8, 4) is 0 Å². The number of hydrogen-bond donors (Lipinski definition) is 1. The third-order valence-corrected chi connectivity index (χ3v) is 1.15. The van der Waals surface area contributed by atoms with Crippen LogP contribution in [0.4, 0.5) is 0 Å². The van der Waals surface area contributed by atoms with E-state index >= 15 is 0 Å². The van der Waals surface area contributed by atoms with Crippen molar-refractivity contribution in [3.05, 3.63) is 0 Å². The Kier molecular flexibility index (Phi) is 6.91. The molecule has 0 aromatic rings. The Morgan fingerprint density at radius 3 is 2.60 bits per heavy atom. The van der Waals surface area contributed by atoms with Crippen LogP contribution in [0.3, 0.4) is 0 Å². The molecule has 0 fully saturated rings. The van der Waals surface area contributed by atoms with E-state index in [4.69, 9.17) is 14.6 Å². The molecular weight excluding hydrogens is 132 g/mol. The van der Waals surface area contributed by atoms with Crippen LogP contribution in [0.25, 0.3) is 0 Å². The van der Waals surface area contributed by atoms with Gasteiger partial charge in [-0.1, -0.05) is 6.92 Å². The average Bonchev–Trinajstić information content (AvgIpc) is 1.98. The molecule has 0 saturated carbocycles. The Balaban J connectivity index is 2.89. The van der Waals surface area contributed by atoms with Crippen molar-refractivity contribution in [1.82, 2.24) is 0 Å². The van der Waals surface area contributed by atoms with E-state index < -0.39 is 6.29 Å². The highest BCUT2D eigenvalue weighted by Gasteiger charge is 1.97. The van der Waals surface area contributed by atoms with Crippen molar-refractivity contribution in [2.75, 3.05) is 20.3 Å². The van der Waals surface area contributed by atoms with Gasteiger partial charge in [-0.3, -0.25) is 0 Å². The van der Waals surface area contributed by atoms with Crippen LogP contribution in [0.1, 0.15) is 19.8 Å². The molecule has 10 heavy (non-hydrogen) atoms. The summed E-state index contributed by atoms with van der Waals surface area (Å²) in [6.07, 6.45) is 0.887. The smallest absolute Gasteiger partial charge is 0.154 e. The summed E-state index contributed by atoms with van der Waals surface area (Å²) in [5.74, 6) is 0. The van der Waals surface area contributed by atoms with Gasteiger partial charge in [0, 0.05) is 13.7 Å². The molecule has 0 aliphatic heterocycles. The molecule has 3 heteroatoms. The van der Waals surface area contributed by atoms with Crippen molar-refractivity contribution in [3.63, 3.8) is 0 Å². The molecule has 0 aromatic heterocycles. The van der Waals surface area contributed by atoms with Gasteiger partial charge in [0.05, 0.1) is 6.61 Å². The molecule has 0 aliphatic carbocycles.